The van der Waals surface area contributed by atoms with Gasteiger partial charge < -0.3 is 4.98 Å². The maximum atomic E-state index is 13.4. The van der Waals surface area contributed by atoms with E-state index in [1.165, 1.54) is 0 Å². The fourth-order valence-electron chi connectivity index (χ4n) is 1.37. The van der Waals surface area contributed by atoms with E-state index < -0.39 is 11.6 Å². The van der Waals surface area contributed by atoms with E-state index in [-0.39, 0.29) is 25.7 Å². The molecule has 0 saturated carbocycles. The summed E-state index contributed by atoms with van der Waals surface area (Å²) in [6.45, 7) is 1.82. The van der Waals surface area contributed by atoms with Crippen molar-refractivity contribution in [2.75, 3.05) is 0 Å². The quantitative estimate of drug-likeness (QED) is 0.675. The summed E-state index contributed by atoms with van der Waals surface area (Å²) in [6, 6.07) is 8.07. The summed E-state index contributed by atoms with van der Waals surface area (Å²) in [6.07, 6.45) is 1.57. The average molecular weight is 396 g/mol. The van der Waals surface area contributed by atoms with Crippen molar-refractivity contribution >= 4 is 0 Å². The van der Waals surface area contributed by atoms with Crippen molar-refractivity contribution in [3.8, 4) is 11.3 Å². The molecule has 2 aromatic rings. The molecule has 0 saturated heterocycles. The largest absolute Gasteiger partial charge is 0.304 e. The molecule has 1 radical (unpaired) electrons. The third kappa shape index (κ3) is 2.52. The molecule has 0 aliphatic heterocycles. The number of aryl methyl sites for hydroxylation is 1. The number of pyridine rings is 1. The number of nitrogens with zero attached hydrogens (tertiary/aromatic N) is 1. The topological polar surface area (TPSA) is 12.9 Å². The third-order valence-corrected chi connectivity index (χ3v) is 2.10. The molecule has 0 atom stereocenters. The van der Waals surface area contributed by atoms with Gasteiger partial charge in [-0.1, -0.05) is 23.3 Å². The Labute approximate surface area is 106 Å². The Hall–Kier alpha value is -1.12. The zero-order valence-corrected chi connectivity index (χ0v) is 10.8. The summed E-state index contributed by atoms with van der Waals surface area (Å²) < 4.78 is 26.1. The van der Waals surface area contributed by atoms with Crippen LogP contribution in [0.2, 0.25) is 0 Å². The summed E-state index contributed by atoms with van der Waals surface area (Å²) in [7, 11) is 0. The van der Waals surface area contributed by atoms with Crippen molar-refractivity contribution in [2.24, 2.45) is 0 Å². The van der Waals surface area contributed by atoms with Crippen LogP contribution in [0, 0.1) is 24.6 Å². The van der Waals surface area contributed by atoms with E-state index in [2.05, 4.69) is 11.1 Å². The van der Waals surface area contributed by atoms with E-state index in [0.717, 1.165) is 17.7 Å². The van der Waals surface area contributed by atoms with Gasteiger partial charge in [0.05, 0.1) is 0 Å². The van der Waals surface area contributed by atoms with Crippen LogP contribution in [0.1, 0.15) is 5.56 Å². The first-order chi connectivity index (χ1) is 7.18. The molecule has 2 rings (SSSR count). The fraction of sp³-hybridized carbons (Fsp3) is 0.0833. The zero-order valence-electron chi connectivity index (χ0n) is 8.42. The van der Waals surface area contributed by atoms with Crippen LogP contribution in [-0.4, -0.2) is 4.98 Å². The molecule has 1 heterocycles. The molecule has 0 unspecified atom stereocenters. The van der Waals surface area contributed by atoms with Crippen LogP contribution in [0.4, 0.5) is 8.78 Å². The van der Waals surface area contributed by atoms with Gasteiger partial charge in [-0.3, -0.25) is 8.78 Å². The van der Waals surface area contributed by atoms with Crippen molar-refractivity contribution < 1.29 is 28.9 Å². The van der Waals surface area contributed by atoms with Crippen molar-refractivity contribution in [1.82, 2.24) is 4.98 Å². The molecule has 1 aromatic carbocycles. The number of halogens is 2. The summed E-state index contributed by atoms with van der Waals surface area (Å²) in [5.41, 5.74) is 1.53. The first-order valence-corrected chi connectivity index (χ1v) is 4.47. The van der Waals surface area contributed by atoms with E-state index in [9.17, 15) is 8.78 Å². The molecular formula is C12H8F2IrN-. The first kappa shape index (κ1) is 12.9. The predicted molar refractivity (Wildman–Crippen MR) is 53.2 cm³/mol. The van der Waals surface area contributed by atoms with E-state index in [0.29, 0.717) is 5.69 Å². The molecule has 85 valence electrons. The van der Waals surface area contributed by atoms with Crippen molar-refractivity contribution in [3.63, 3.8) is 0 Å². The van der Waals surface area contributed by atoms with Crippen LogP contribution in [0.25, 0.3) is 11.3 Å². The molecule has 1 nitrogen and oxygen atoms in total. The van der Waals surface area contributed by atoms with Crippen molar-refractivity contribution in [2.45, 2.75) is 6.92 Å². The van der Waals surface area contributed by atoms with Gasteiger partial charge in [0.2, 0.25) is 0 Å². The Kier molecular flexibility index (Phi) is 4.27. The monoisotopic (exact) mass is 397 g/mol. The molecule has 0 spiro atoms. The maximum Gasteiger partial charge on any atom is 0.0408 e. The SMILES string of the molecule is Cc1cccnc1-c1[c-]cc(F)cc1F.[Ir]. The van der Waals surface area contributed by atoms with Gasteiger partial charge in [0.1, 0.15) is 0 Å². The van der Waals surface area contributed by atoms with Crippen LogP contribution in [0.3, 0.4) is 0 Å². The van der Waals surface area contributed by atoms with Gasteiger partial charge in [-0.25, -0.2) is 0 Å². The third-order valence-electron chi connectivity index (χ3n) is 2.10. The number of hydrogen-bond donors (Lipinski definition) is 0. The van der Waals surface area contributed by atoms with Crippen LogP contribution >= 0.6 is 0 Å². The van der Waals surface area contributed by atoms with E-state index in [1.807, 2.05) is 13.0 Å². The average Bonchev–Trinajstić information content (AvgIpc) is 2.20. The molecule has 0 bridgehead atoms. The van der Waals surface area contributed by atoms with Crippen LogP contribution < -0.4 is 0 Å². The Balaban J connectivity index is 0.00000128. The van der Waals surface area contributed by atoms with Gasteiger partial charge in [-0.2, -0.15) is 0 Å². The minimum Gasteiger partial charge on any atom is -0.304 e. The second-order valence-corrected chi connectivity index (χ2v) is 3.21. The fourth-order valence-corrected chi connectivity index (χ4v) is 1.37. The van der Waals surface area contributed by atoms with Gasteiger partial charge in [-0.05, 0) is 18.7 Å². The summed E-state index contributed by atoms with van der Waals surface area (Å²) in [5.74, 6) is -1.28. The molecule has 0 aliphatic carbocycles. The Morgan fingerprint density at radius 1 is 1.31 bits per heavy atom. The Morgan fingerprint density at radius 2 is 2.06 bits per heavy atom. The molecule has 0 aliphatic rings. The van der Waals surface area contributed by atoms with E-state index in [4.69, 9.17) is 0 Å². The number of aromatic nitrogens is 1. The number of benzene rings is 1. The van der Waals surface area contributed by atoms with Gasteiger partial charge in [0.25, 0.3) is 0 Å². The molecular weight excluding hydrogens is 388 g/mol. The molecule has 4 heteroatoms. The van der Waals surface area contributed by atoms with Gasteiger partial charge in [0, 0.05) is 37.9 Å². The molecule has 0 amide bonds. The first-order valence-electron chi connectivity index (χ1n) is 4.47. The smallest absolute Gasteiger partial charge is 0.0408 e. The molecule has 1 aromatic heterocycles. The van der Waals surface area contributed by atoms with Crippen molar-refractivity contribution in [3.05, 3.63) is 53.7 Å². The summed E-state index contributed by atoms with van der Waals surface area (Å²) in [5, 5.41) is 0. The second kappa shape index (κ2) is 5.28. The summed E-state index contributed by atoms with van der Waals surface area (Å²) >= 11 is 0. The minimum atomic E-state index is -0.642. The van der Waals surface area contributed by atoms with Crippen molar-refractivity contribution in [1.29, 1.82) is 0 Å². The van der Waals surface area contributed by atoms with Crippen LogP contribution in [-0.2, 0) is 20.1 Å². The zero-order chi connectivity index (χ0) is 10.8. The van der Waals surface area contributed by atoms with Crippen LogP contribution in [0.5, 0.6) is 0 Å². The summed E-state index contributed by atoms with van der Waals surface area (Å²) in [4.78, 5) is 4.05. The molecule has 16 heavy (non-hydrogen) atoms. The van der Waals surface area contributed by atoms with E-state index >= 15 is 0 Å². The van der Waals surface area contributed by atoms with E-state index in [1.54, 1.807) is 12.3 Å². The van der Waals surface area contributed by atoms with Gasteiger partial charge >= 0.3 is 0 Å². The maximum absolute atomic E-state index is 13.4. The standard InChI is InChI=1S/C12H8F2N.Ir/c1-8-3-2-6-15-12(8)10-5-4-9(13)7-11(10)14;/h2-4,6-7H,1H3;/q-1;. The minimum absolute atomic E-state index is 0. The number of hydrogen-bond acceptors (Lipinski definition) is 1. The second-order valence-electron chi connectivity index (χ2n) is 3.21. The Morgan fingerprint density at radius 3 is 2.69 bits per heavy atom. The molecule has 0 fully saturated rings. The Bertz CT molecular complexity index is 500. The number of rotatable bonds is 1. The van der Waals surface area contributed by atoms with Crippen LogP contribution in [0.15, 0.2) is 30.5 Å². The molecule has 0 N–H and O–H groups in total. The van der Waals surface area contributed by atoms with Gasteiger partial charge in [0.15, 0.2) is 0 Å². The predicted octanol–water partition coefficient (Wildman–Crippen LogP) is 3.13. The van der Waals surface area contributed by atoms with Gasteiger partial charge in [-0.15, -0.1) is 12.1 Å². The normalized spacial score (nSPS) is 9.69.